The van der Waals surface area contributed by atoms with Crippen LogP contribution < -0.4 is 14.8 Å². The average molecular weight is 451 g/mol. The molecule has 2 aromatic carbocycles. The molecule has 0 aromatic heterocycles. The van der Waals surface area contributed by atoms with Gasteiger partial charge in [-0.1, -0.05) is 30.3 Å². The smallest absolute Gasteiger partial charge is 0.407 e. The lowest BCUT2D eigenvalue weighted by Crippen LogP contribution is -2.50. The van der Waals surface area contributed by atoms with Gasteiger partial charge in [-0.15, -0.1) is 0 Å². The van der Waals surface area contributed by atoms with Gasteiger partial charge in [0.15, 0.2) is 0 Å². The zero-order valence-electron chi connectivity index (χ0n) is 18.2. The first kappa shape index (κ1) is 24.6. The SMILES string of the molecule is COc1ccc(S(=O)(=O)NCC(O)C(Cc2ccccc2)NC(=O)OC(C)(C)C)cc1. The fraction of sp³-hybridized carbons (Fsp3) is 0.409. The van der Waals surface area contributed by atoms with Crippen molar-refractivity contribution in [2.24, 2.45) is 0 Å². The van der Waals surface area contributed by atoms with Gasteiger partial charge in [0.05, 0.1) is 24.2 Å². The van der Waals surface area contributed by atoms with E-state index in [1.807, 2.05) is 30.3 Å². The number of hydrogen-bond acceptors (Lipinski definition) is 6. The molecule has 2 unspecified atom stereocenters. The number of carbonyl (C=O) groups is 1. The molecule has 0 spiro atoms. The van der Waals surface area contributed by atoms with E-state index < -0.39 is 33.9 Å². The van der Waals surface area contributed by atoms with E-state index in [1.165, 1.54) is 31.4 Å². The first-order valence-corrected chi connectivity index (χ1v) is 11.3. The maximum atomic E-state index is 12.6. The molecule has 0 bridgehead atoms. The number of amides is 1. The van der Waals surface area contributed by atoms with Crippen molar-refractivity contribution >= 4 is 16.1 Å². The summed E-state index contributed by atoms with van der Waals surface area (Å²) in [5, 5.41) is 13.3. The van der Waals surface area contributed by atoms with Gasteiger partial charge < -0.3 is 19.9 Å². The molecule has 0 radical (unpaired) electrons. The van der Waals surface area contributed by atoms with E-state index in [1.54, 1.807) is 20.8 Å². The van der Waals surface area contributed by atoms with Gasteiger partial charge in [-0.25, -0.2) is 17.9 Å². The lowest BCUT2D eigenvalue weighted by molar-refractivity contribution is 0.0427. The van der Waals surface area contributed by atoms with Crippen LogP contribution >= 0.6 is 0 Å². The van der Waals surface area contributed by atoms with Crippen molar-refractivity contribution in [3.05, 3.63) is 60.2 Å². The molecular weight excluding hydrogens is 420 g/mol. The molecule has 0 aliphatic carbocycles. The highest BCUT2D eigenvalue weighted by molar-refractivity contribution is 7.89. The van der Waals surface area contributed by atoms with E-state index >= 15 is 0 Å². The summed E-state index contributed by atoms with van der Waals surface area (Å²) in [5.74, 6) is 0.531. The fourth-order valence-corrected chi connectivity index (χ4v) is 3.84. The normalized spacial score (nSPS) is 13.8. The number of nitrogens with one attached hydrogen (secondary N) is 2. The molecule has 9 heteroatoms. The van der Waals surface area contributed by atoms with Crippen LogP contribution in [0.4, 0.5) is 4.79 Å². The zero-order valence-corrected chi connectivity index (χ0v) is 19.0. The molecule has 0 aliphatic rings. The predicted molar refractivity (Wildman–Crippen MR) is 117 cm³/mol. The third-order valence-corrected chi connectivity index (χ3v) is 5.76. The molecule has 0 heterocycles. The molecule has 170 valence electrons. The monoisotopic (exact) mass is 450 g/mol. The Hall–Kier alpha value is -2.62. The summed E-state index contributed by atoms with van der Waals surface area (Å²) in [6.45, 7) is 4.91. The van der Waals surface area contributed by atoms with Crippen molar-refractivity contribution in [1.29, 1.82) is 0 Å². The summed E-state index contributed by atoms with van der Waals surface area (Å²) < 4.78 is 37.8. The van der Waals surface area contributed by atoms with E-state index in [2.05, 4.69) is 10.0 Å². The number of benzene rings is 2. The molecule has 0 fully saturated rings. The van der Waals surface area contributed by atoms with Crippen LogP contribution in [0.5, 0.6) is 5.75 Å². The van der Waals surface area contributed by atoms with E-state index in [0.29, 0.717) is 12.2 Å². The lowest BCUT2D eigenvalue weighted by atomic mass is 10.0. The van der Waals surface area contributed by atoms with Gasteiger partial charge in [0.2, 0.25) is 10.0 Å². The number of rotatable bonds is 9. The van der Waals surface area contributed by atoms with Crippen molar-refractivity contribution in [2.75, 3.05) is 13.7 Å². The molecule has 0 aliphatic heterocycles. The molecule has 1 amide bonds. The molecule has 2 aromatic rings. The predicted octanol–water partition coefficient (Wildman–Crippen LogP) is 2.47. The molecule has 0 saturated carbocycles. The minimum Gasteiger partial charge on any atom is -0.497 e. The van der Waals surface area contributed by atoms with E-state index in [9.17, 15) is 18.3 Å². The number of methoxy groups -OCH3 is 1. The highest BCUT2D eigenvalue weighted by atomic mass is 32.2. The average Bonchev–Trinajstić information content (AvgIpc) is 2.71. The maximum absolute atomic E-state index is 12.6. The second-order valence-electron chi connectivity index (χ2n) is 8.04. The molecule has 31 heavy (non-hydrogen) atoms. The van der Waals surface area contributed by atoms with Gasteiger partial charge in [0, 0.05) is 6.54 Å². The van der Waals surface area contributed by atoms with Gasteiger partial charge in [0.25, 0.3) is 0 Å². The summed E-state index contributed by atoms with van der Waals surface area (Å²) in [7, 11) is -2.36. The first-order chi connectivity index (χ1) is 14.5. The van der Waals surface area contributed by atoms with E-state index in [-0.39, 0.29) is 11.4 Å². The zero-order chi connectivity index (χ0) is 23.1. The van der Waals surface area contributed by atoms with E-state index in [0.717, 1.165) is 5.56 Å². The van der Waals surface area contributed by atoms with Crippen LogP contribution in [0.1, 0.15) is 26.3 Å². The highest BCUT2D eigenvalue weighted by Gasteiger charge is 2.26. The Morgan fingerprint density at radius 3 is 2.23 bits per heavy atom. The number of aliphatic hydroxyl groups is 1. The molecule has 2 rings (SSSR count). The van der Waals surface area contributed by atoms with Crippen molar-refractivity contribution in [3.8, 4) is 5.75 Å². The number of ether oxygens (including phenoxy) is 2. The van der Waals surface area contributed by atoms with Crippen LogP contribution in [-0.2, 0) is 21.2 Å². The van der Waals surface area contributed by atoms with E-state index in [4.69, 9.17) is 9.47 Å². The highest BCUT2D eigenvalue weighted by Crippen LogP contribution is 2.16. The standard InChI is InChI=1S/C22H30N2O6S/c1-22(2,3)30-21(26)24-19(14-16-8-6-5-7-9-16)20(25)15-23-31(27,28)18-12-10-17(29-4)11-13-18/h5-13,19-20,23,25H,14-15H2,1-4H3,(H,24,26). The minimum absolute atomic E-state index is 0.0419. The Bertz CT molecular complexity index is 940. The van der Waals surface area contributed by atoms with Crippen LogP contribution in [0, 0.1) is 0 Å². The van der Waals surface area contributed by atoms with Gasteiger partial charge in [-0.2, -0.15) is 0 Å². The van der Waals surface area contributed by atoms with Crippen molar-refractivity contribution in [2.45, 2.75) is 49.8 Å². The number of alkyl carbamates (subject to hydrolysis) is 1. The van der Waals surface area contributed by atoms with Crippen molar-refractivity contribution in [1.82, 2.24) is 10.0 Å². The summed E-state index contributed by atoms with van der Waals surface area (Å²) in [4.78, 5) is 12.3. The quantitative estimate of drug-likeness (QED) is 0.541. The van der Waals surface area contributed by atoms with Gasteiger partial charge >= 0.3 is 6.09 Å². The van der Waals surface area contributed by atoms with Gasteiger partial charge in [-0.3, -0.25) is 0 Å². The van der Waals surface area contributed by atoms with Gasteiger partial charge in [0.1, 0.15) is 11.4 Å². The second-order valence-corrected chi connectivity index (χ2v) is 9.80. The molecule has 0 saturated heterocycles. The Balaban J connectivity index is 2.09. The Morgan fingerprint density at radius 1 is 1.06 bits per heavy atom. The molecule has 8 nitrogen and oxygen atoms in total. The number of hydrogen-bond donors (Lipinski definition) is 3. The summed E-state index contributed by atoms with van der Waals surface area (Å²) in [6, 6.07) is 14.4. The minimum atomic E-state index is -3.85. The second kappa shape index (κ2) is 10.6. The fourth-order valence-electron chi connectivity index (χ4n) is 2.79. The third kappa shape index (κ3) is 8.20. The molecule has 2 atom stereocenters. The maximum Gasteiger partial charge on any atom is 0.407 e. The van der Waals surface area contributed by atoms with Crippen molar-refractivity contribution < 1.29 is 27.8 Å². The van der Waals surface area contributed by atoms with Crippen LogP contribution in [-0.4, -0.2) is 51.0 Å². The third-order valence-electron chi connectivity index (χ3n) is 4.32. The molecular formula is C22H30N2O6S. The summed E-state index contributed by atoms with van der Waals surface area (Å²) in [5.41, 5.74) is 0.170. The topological polar surface area (TPSA) is 114 Å². The van der Waals surface area contributed by atoms with Crippen LogP contribution in [0.15, 0.2) is 59.5 Å². The Kier molecular flexibility index (Phi) is 8.43. The summed E-state index contributed by atoms with van der Waals surface area (Å²) >= 11 is 0. The summed E-state index contributed by atoms with van der Waals surface area (Å²) in [6.07, 6.45) is -1.59. The van der Waals surface area contributed by atoms with Crippen LogP contribution in [0.25, 0.3) is 0 Å². The van der Waals surface area contributed by atoms with Crippen LogP contribution in [0.2, 0.25) is 0 Å². The Labute approximate surface area is 183 Å². The van der Waals surface area contributed by atoms with Crippen molar-refractivity contribution in [3.63, 3.8) is 0 Å². The van der Waals surface area contributed by atoms with Crippen LogP contribution in [0.3, 0.4) is 0 Å². The number of sulfonamides is 1. The Morgan fingerprint density at radius 2 is 1.68 bits per heavy atom. The lowest BCUT2D eigenvalue weighted by Gasteiger charge is -2.27. The number of carbonyl (C=O) groups excluding carboxylic acids is 1. The first-order valence-electron chi connectivity index (χ1n) is 9.85. The number of aliphatic hydroxyl groups excluding tert-OH is 1. The molecule has 3 N–H and O–H groups in total. The van der Waals surface area contributed by atoms with Gasteiger partial charge in [-0.05, 0) is 57.0 Å². The largest absolute Gasteiger partial charge is 0.497 e.